The molecule has 190 valence electrons. The van der Waals surface area contributed by atoms with Crippen LogP contribution in [-0.4, -0.2) is 31.1 Å². The van der Waals surface area contributed by atoms with Crippen molar-refractivity contribution in [1.82, 2.24) is 5.32 Å². The molecule has 0 bridgehead atoms. The van der Waals surface area contributed by atoms with Gasteiger partial charge >= 0.3 is 5.97 Å². The van der Waals surface area contributed by atoms with E-state index in [0.29, 0.717) is 18.2 Å². The minimum atomic E-state index is -0.305. The summed E-state index contributed by atoms with van der Waals surface area (Å²) in [6, 6.07) is 25.3. The van der Waals surface area contributed by atoms with Gasteiger partial charge in [-0.15, -0.1) is 0 Å². The van der Waals surface area contributed by atoms with Crippen LogP contribution in [0.1, 0.15) is 61.0 Å². The second-order valence-electron chi connectivity index (χ2n) is 9.14. The van der Waals surface area contributed by atoms with Crippen molar-refractivity contribution in [1.29, 1.82) is 0 Å². The third-order valence-corrected chi connectivity index (χ3v) is 6.16. The summed E-state index contributed by atoms with van der Waals surface area (Å²) in [5.41, 5.74) is 6.60. The number of hydrogen-bond acceptors (Lipinski definition) is 4. The van der Waals surface area contributed by atoms with Gasteiger partial charge in [-0.2, -0.15) is 0 Å². The molecule has 5 nitrogen and oxygen atoms in total. The molecule has 1 atom stereocenters. The molecule has 0 aromatic heterocycles. The molecule has 0 radical (unpaired) electrons. The Morgan fingerprint density at radius 2 is 1.50 bits per heavy atom. The van der Waals surface area contributed by atoms with Crippen LogP contribution >= 0.6 is 0 Å². The van der Waals surface area contributed by atoms with Crippen LogP contribution in [0.5, 0.6) is 0 Å². The first-order chi connectivity index (χ1) is 17.5. The molecule has 0 unspecified atom stereocenters. The lowest BCUT2D eigenvalue weighted by molar-refractivity contribution is -0.142. The summed E-state index contributed by atoms with van der Waals surface area (Å²) in [5.74, 6) is -0.498. The number of anilines is 1. The summed E-state index contributed by atoms with van der Waals surface area (Å²) in [7, 11) is 0. The van der Waals surface area contributed by atoms with Crippen molar-refractivity contribution in [3.05, 3.63) is 89.5 Å². The van der Waals surface area contributed by atoms with E-state index in [1.54, 1.807) is 6.92 Å². The van der Waals surface area contributed by atoms with Gasteiger partial charge in [-0.1, -0.05) is 73.9 Å². The second kappa shape index (κ2) is 14.1. The molecule has 2 N–H and O–H groups in total. The maximum absolute atomic E-state index is 12.4. The highest BCUT2D eigenvalue weighted by atomic mass is 16.5. The highest BCUT2D eigenvalue weighted by Crippen LogP contribution is 2.22. The standard InChI is InChI=1S/C31H38N2O3/c1-4-6-7-29(22-24-10-14-26(15-11-24)25-12-8-23(3)9-13-25)33-28-18-16-27(17-19-28)31(35)32-21-20-30(34)36-5-2/h8-19,29,33H,4-7,20-22H2,1-3H3,(H,32,35)/t29-/m0/s1. The molecule has 0 aliphatic carbocycles. The highest BCUT2D eigenvalue weighted by molar-refractivity contribution is 5.94. The molecular weight excluding hydrogens is 448 g/mol. The number of hydrogen-bond donors (Lipinski definition) is 2. The van der Waals surface area contributed by atoms with Crippen molar-refractivity contribution >= 4 is 17.6 Å². The fourth-order valence-electron chi connectivity index (χ4n) is 4.11. The lowest BCUT2D eigenvalue weighted by atomic mass is 9.97. The lowest BCUT2D eigenvalue weighted by Crippen LogP contribution is -2.26. The maximum atomic E-state index is 12.4. The Labute approximate surface area is 215 Å². The van der Waals surface area contributed by atoms with E-state index in [2.05, 4.69) is 73.0 Å². The van der Waals surface area contributed by atoms with E-state index in [9.17, 15) is 9.59 Å². The van der Waals surface area contributed by atoms with Crippen LogP contribution in [0.2, 0.25) is 0 Å². The van der Waals surface area contributed by atoms with E-state index >= 15 is 0 Å². The molecule has 0 saturated carbocycles. The third-order valence-electron chi connectivity index (χ3n) is 6.16. The molecule has 0 fully saturated rings. The van der Waals surface area contributed by atoms with E-state index < -0.39 is 0 Å². The normalized spacial score (nSPS) is 11.5. The third kappa shape index (κ3) is 8.56. The van der Waals surface area contributed by atoms with Gasteiger partial charge in [0.15, 0.2) is 0 Å². The highest BCUT2D eigenvalue weighted by Gasteiger charge is 2.12. The average molecular weight is 487 g/mol. The van der Waals surface area contributed by atoms with Crippen molar-refractivity contribution in [3.63, 3.8) is 0 Å². The topological polar surface area (TPSA) is 67.4 Å². The Morgan fingerprint density at radius 3 is 2.11 bits per heavy atom. The van der Waals surface area contributed by atoms with Crippen LogP contribution < -0.4 is 10.6 Å². The van der Waals surface area contributed by atoms with Gasteiger partial charge in [0.25, 0.3) is 5.91 Å². The van der Waals surface area contributed by atoms with Gasteiger partial charge in [0.1, 0.15) is 0 Å². The summed E-state index contributed by atoms with van der Waals surface area (Å²) < 4.78 is 4.88. The summed E-state index contributed by atoms with van der Waals surface area (Å²) in [5, 5.41) is 6.43. The van der Waals surface area contributed by atoms with Gasteiger partial charge in [-0.05, 0) is 67.6 Å². The number of carbonyl (C=O) groups excluding carboxylic acids is 2. The summed E-state index contributed by atoms with van der Waals surface area (Å²) in [4.78, 5) is 23.8. The summed E-state index contributed by atoms with van der Waals surface area (Å²) in [6.07, 6.45) is 4.48. The molecule has 5 heteroatoms. The first kappa shape index (κ1) is 27.0. The van der Waals surface area contributed by atoms with Crippen molar-refractivity contribution in [2.75, 3.05) is 18.5 Å². The molecule has 1 amide bonds. The molecule has 0 saturated heterocycles. The Balaban J connectivity index is 1.57. The van der Waals surface area contributed by atoms with Gasteiger partial charge < -0.3 is 15.4 Å². The first-order valence-electron chi connectivity index (χ1n) is 12.9. The fourth-order valence-corrected chi connectivity index (χ4v) is 4.11. The minimum Gasteiger partial charge on any atom is -0.466 e. The van der Waals surface area contributed by atoms with Crippen molar-refractivity contribution in [2.45, 2.75) is 58.9 Å². The molecule has 3 aromatic carbocycles. The molecular formula is C31H38N2O3. The number of nitrogens with one attached hydrogen (secondary N) is 2. The van der Waals surface area contributed by atoms with E-state index in [4.69, 9.17) is 4.74 Å². The fraction of sp³-hybridized carbons (Fsp3) is 0.355. The molecule has 3 aromatic rings. The zero-order chi connectivity index (χ0) is 25.8. The number of aryl methyl sites for hydroxylation is 1. The number of rotatable bonds is 13. The van der Waals surface area contributed by atoms with Crippen LogP contribution in [0.3, 0.4) is 0 Å². The van der Waals surface area contributed by atoms with Gasteiger partial charge in [0.05, 0.1) is 13.0 Å². The number of ether oxygens (including phenoxy) is 1. The van der Waals surface area contributed by atoms with Gasteiger partial charge in [-0.3, -0.25) is 9.59 Å². The van der Waals surface area contributed by atoms with E-state index in [-0.39, 0.29) is 24.8 Å². The molecule has 0 heterocycles. The van der Waals surface area contributed by atoms with E-state index in [0.717, 1.165) is 31.4 Å². The quantitative estimate of drug-likeness (QED) is 0.269. The monoisotopic (exact) mass is 486 g/mol. The predicted octanol–water partition coefficient (Wildman–Crippen LogP) is 6.56. The largest absolute Gasteiger partial charge is 0.466 e. The smallest absolute Gasteiger partial charge is 0.307 e. The van der Waals surface area contributed by atoms with Gasteiger partial charge in [-0.25, -0.2) is 0 Å². The Kier molecular flexibility index (Phi) is 10.6. The number of carbonyl (C=O) groups is 2. The molecule has 36 heavy (non-hydrogen) atoms. The second-order valence-corrected chi connectivity index (χ2v) is 9.14. The van der Waals surface area contributed by atoms with Crippen molar-refractivity contribution in [2.24, 2.45) is 0 Å². The number of amides is 1. The first-order valence-corrected chi connectivity index (χ1v) is 12.9. The minimum absolute atomic E-state index is 0.171. The average Bonchev–Trinajstić information content (AvgIpc) is 2.89. The zero-order valence-corrected chi connectivity index (χ0v) is 21.7. The number of esters is 1. The van der Waals surface area contributed by atoms with Gasteiger partial charge in [0.2, 0.25) is 0 Å². The zero-order valence-electron chi connectivity index (χ0n) is 21.7. The number of unbranched alkanes of at least 4 members (excludes halogenated alkanes) is 1. The van der Waals surface area contributed by atoms with Crippen LogP contribution in [0.4, 0.5) is 5.69 Å². The van der Waals surface area contributed by atoms with Crippen molar-refractivity contribution in [3.8, 4) is 11.1 Å². The Morgan fingerprint density at radius 1 is 0.861 bits per heavy atom. The van der Waals surface area contributed by atoms with E-state index in [1.807, 2.05) is 24.3 Å². The van der Waals surface area contributed by atoms with Crippen LogP contribution in [0.25, 0.3) is 11.1 Å². The lowest BCUT2D eigenvalue weighted by Gasteiger charge is -2.20. The predicted molar refractivity (Wildman–Crippen MR) is 147 cm³/mol. The summed E-state index contributed by atoms with van der Waals surface area (Å²) >= 11 is 0. The molecule has 0 aliphatic heterocycles. The van der Waals surface area contributed by atoms with Crippen LogP contribution in [0, 0.1) is 6.92 Å². The SMILES string of the molecule is CCCC[C@@H](Cc1ccc(-c2ccc(C)cc2)cc1)Nc1ccc(C(=O)NCCC(=O)OCC)cc1. The van der Waals surface area contributed by atoms with Crippen molar-refractivity contribution < 1.29 is 14.3 Å². The van der Waals surface area contributed by atoms with Crippen LogP contribution in [-0.2, 0) is 16.0 Å². The van der Waals surface area contributed by atoms with Gasteiger partial charge in [0, 0.05) is 23.8 Å². The Bertz CT molecular complexity index is 1090. The van der Waals surface area contributed by atoms with Crippen LogP contribution in [0.15, 0.2) is 72.8 Å². The summed E-state index contributed by atoms with van der Waals surface area (Å²) in [6.45, 7) is 6.69. The Hall–Kier alpha value is -3.60. The van der Waals surface area contributed by atoms with E-state index in [1.165, 1.54) is 22.3 Å². The molecule has 3 rings (SSSR count). The number of benzene rings is 3. The molecule has 0 aliphatic rings. The molecule has 0 spiro atoms. The maximum Gasteiger partial charge on any atom is 0.307 e.